The van der Waals surface area contributed by atoms with Gasteiger partial charge in [-0.25, -0.2) is 12.8 Å². The van der Waals surface area contributed by atoms with Gasteiger partial charge in [-0.3, -0.25) is 4.72 Å². The maximum atomic E-state index is 13.7. The van der Waals surface area contributed by atoms with Crippen LogP contribution >= 0.6 is 0 Å². The molecule has 1 aliphatic rings. The summed E-state index contributed by atoms with van der Waals surface area (Å²) in [6.45, 7) is 4.12. The van der Waals surface area contributed by atoms with E-state index < -0.39 is 21.1 Å². The molecule has 7 heteroatoms. The Hall–Kier alpha value is -1.34. The highest BCUT2D eigenvalue weighted by Gasteiger charge is 2.26. The molecule has 0 spiro atoms. The predicted molar refractivity (Wildman–Crippen MR) is 80.6 cm³/mol. The molecule has 118 valence electrons. The summed E-state index contributed by atoms with van der Waals surface area (Å²) >= 11 is 0. The third-order valence-corrected chi connectivity index (χ3v) is 5.04. The van der Waals surface area contributed by atoms with Crippen molar-refractivity contribution in [2.24, 2.45) is 0 Å². The summed E-state index contributed by atoms with van der Waals surface area (Å²) in [6, 6.07) is 4.49. The highest BCUT2D eigenvalue weighted by molar-refractivity contribution is 7.93. The Kier molecular flexibility index (Phi) is 5.05. The molecule has 0 amide bonds. The number of hydrogen-bond donors (Lipinski definition) is 2. The minimum absolute atomic E-state index is 0.115. The van der Waals surface area contributed by atoms with Crippen molar-refractivity contribution in [2.45, 2.75) is 38.0 Å². The molecule has 2 rings (SSSR count). The molecule has 1 unspecified atom stereocenters. The highest BCUT2D eigenvalue weighted by Crippen LogP contribution is 2.23. The molecule has 1 atom stereocenters. The summed E-state index contributed by atoms with van der Waals surface area (Å²) in [5.41, 5.74) is 0.203. The van der Waals surface area contributed by atoms with Crippen molar-refractivity contribution < 1.29 is 17.5 Å². The Balaban J connectivity index is 1.99. The molecule has 0 aromatic heterocycles. The summed E-state index contributed by atoms with van der Waals surface area (Å²) in [5, 5.41) is 2.58. The molecule has 1 fully saturated rings. The van der Waals surface area contributed by atoms with E-state index in [0.717, 1.165) is 18.9 Å². The minimum Gasteiger partial charge on any atom is -0.491 e. The molecule has 0 bridgehead atoms. The Labute approximate surface area is 124 Å². The fourth-order valence-electron chi connectivity index (χ4n) is 1.83. The van der Waals surface area contributed by atoms with Crippen LogP contribution in [0.2, 0.25) is 0 Å². The summed E-state index contributed by atoms with van der Waals surface area (Å²) in [7, 11) is -3.54. The molecule has 0 heterocycles. The van der Waals surface area contributed by atoms with E-state index in [0.29, 0.717) is 19.2 Å². The Morgan fingerprint density at radius 1 is 1.43 bits per heavy atom. The quantitative estimate of drug-likeness (QED) is 0.771. The molecule has 21 heavy (non-hydrogen) atoms. The third-order valence-electron chi connectivity index (χ3n) is 3.29. The van der Waals surface area contributed by atoms with E-state index in [1.54, 1.807) is 13.8 Å². The first-order valence-corrected chi connectivity index (χ1v) is 8.64. The lowest BCUT2D eigenvalue weighted by molar-refractivity contribution is 0.321. The maximum Gasteiger partial charge on any atom is 0.236 e. The molecule has 0 saturated heterocycles. The Morgan fingerprint density at radius 3 is 2.71 bits per heavy atom. The standard InChI is InChI=1S/C14H21FN2O3S/c1-3-20-14-7-6-12(8-13(14)15)17-21(18,19)10(2)9-16-11-4-5-11/h6-8,10-11,16-17H,3-5,9H2,1-2H3. The average molecular weight is 316 g/mol. The second kappa shape index (κ2) is 6.62. The number of sulfonamides is 1. The summed E-state index contributed by atoms with van der Waals surface area (Å²) in [6.07, 6.45) is 2.20. The van der Waals surface area contributed by atoms with Gasteiger partial charge in [-0.2, -0.15) is 0 Å². The molecule has 1 aliphatic carbocycles. The summed E-state index contributed by atoms with van der Waals surface area (Å²) in [4.78, 5) is 0. The van der Waals surface area contributed by atoms with Crippen LogP contribution in [0.4, 0.5) is 10.1 Å². The summed E-state index contributed by atoms with van der Waals surface area (Å²) in [5.74, 6) is -0.468. The van der Waals surface area contributed by atoms with E-state index in [-0.39, 0.29) is 11.4 Å². The Bertz CT molecular complexity index is 588. The number of nitrogens with one attached hydrogen (secondary N) is 2. The second-order valence-corrected chi connectivity index (χ2v) is 7.32. The average Bonchev–Trinajstić information content (AvgIpc) is 3.23. The van der Waals surface area contributed by atoms with E-state index in [1.807, 2.05) is 0 Å². The number of benzene rings is 1. The van der Waals surface area contributed by atoms with Crippen LogP contribution < -0.4 is 14.8 Å². The van der Waals surface area contributed by atoms with Crippen molar-refractivity contribution in [1.82, 2.24) is 5.32 Å². The van der Waals surface area contributed by atoms with E-state index in [4.69, 9.17) is 4.74 Å². The van der Waals surface area contributed by atoms with Crippen molar-refractivity contribution >= 4 is 15.7 Å². The van der Waals surface area contributed by atoms with Crippen molar-refractivity contribution in [3.63, 3.8) is 0 Å². The van der Waals surface area contributed by atoms with Gasteiger partial charge in [0.25, 0.3) is 0 Å². The molecule has 1 aromatic rings. The van der Waals surface area contributed by atoms with Gasteiger partial charge in [0.2, 0.25) is 10.0 Å². The molecular weight excluding hydrogens is 295 g/mol. The van der Waals surface area contributed by atoms with E-state index in [2.05, 4.69) is 10.0 Å². The normalized spacial score (nSPS) is 16.5. The molecule has 5 nitrogen and oxygen atoms in total. The van der Waals surface area contributed by atoms with Gasteiger partial charge < -0.3 is 10.1 Å². The van der Waals surface area contributed by atoms with Gasteiger partial charge in [0.15, 0.2) is 11.6 Å². The van der Waals surface area contributed by atoms with Crippen molar-refractivity contribution in [1.29, 1.82) is 0 Å². The zero-order valence-corrected chi connectivity index (χ0v) is 13.0. The third kappa shape index (κ3) is 4.57. The molecule has 0 aliphatic heterocycles. The maximum absolute atomic E-state index is 13.7. The lowest BCUT2D eigenvalue weighted by atomic mass is 10.3. The van der Waals surface area contributed by atoms with Crippen LogP contribution in [-0.2, 0) is 10.0 Å². The van der Waals surface area contributed by atoms with E-state index in [9.17, 15) is 12.8 Å². The molecular formula is C14H21FN2O3S. The zero-order valence-electron chi connectivity index (χ0n) is 12.2. The zero-order chi connectivity index (χ0) is 15.5. The fourth-order valence-corrected chi connectivity index (χ4v) is 2.80. The van der Waals surface area contributed by atoms with E-state index in [1.165, 1.54) is 12.1 Å². The molecule has 2 N–H and O–H groups in total. The van der Waals surface area contributed by atoms with Crippen LogP contribution in [0.1, 0.15) is 26.7 Å². The SMILES string of the molecule is CCOc1ccc(NS(=O)(=O)C(C)CNC2CC2)cc1F. The predicted octanol–water partition coefficient (Wildman–Crippen LogP) is 2.11. The lowest BCUT2D eigenvalue weighted by Crippen LogP contribution is -2.35. The van der Waals surface area contributed by atoms with Gasteiger partial charge in [0, 0.05) is 18.7 Å². The number of rotatable bonds is 8. The van der Waals surface area contributed by atoms with Gasteiger partial charge in [-0.05, 0) is 38.8 Å². The second-order valence-electron chi connectivity index (χ2n) is 5.22. The largest absolute Gasteiger partial charge is 0.491 e. The highest BCUT2D eigenvalue weighted by atomic mass is 32.2. The number of anilines is 1. The monoisotopic (exact) mass is 316 g/mol. The van der Waals surface area contributed by atoms with Gasteiger partial charge in [0.05, 0.1) is 17.5 Å². The van der Waals surface area contributed by atoms with Crippen molar-refractivity contribution in [2.75, 3.05) is 17.9 Å². The smallest absolute Gasteiger partial charge is 0.236 e. The van der Waals surface area contributed by atoms with Crippen LogP contribution in [0, 0.1) is 5.82 Å². The van der Waals surface area contributed by atoms with Gasteiger partial charge in [0.1, 0.15) is 0 Å². The molecule has 1 saturated carbocycles. The number of ether oxygens (including phenoxy) is 1. The topological polar surface area (TPSA) is 67.4 Å². The van der Waals surface area contributed by atoms with Crippen LogP contribution in [0.5, 0.6) is 5.75 Å². The number of hydrogen-bond acceptors (Lipinski definition) is 4. The summed E-state index contributed by atoms with van der Waals surface area (Å²) < 4.78 is 45.5. The van der Waals surface area contributed by atoms with Crippen molar-refractivity contribution in [3.05, 3.63) is 24.0 Å². The molecule has 1 aromatic carbocycles. The van der Waals surface area contributed by atoms with Gasteiger partial charge in [-0.15, -0.1) is 0 Å². The Morgan fingerprint density at radius 2 is 2.14 bits per heavy atom. The van der Waals surface area contributed by atoms with Crippen LogP contribution in [0.25, 0.3) is 0 Å². The van der Waals surface area contributed by atoms with Crippen LogP contribution in [-0.4, -0.2) is 32.9 Å². The van der Waals surface area contributed by atoms with Crippen molar-refractivity contribution in [3.8, 4) is 5.75 Å². The lowest BCUT2D eigenvalue weighted by Gasteiger charge is -2.16. The first-order chi connectivity index (χ1) is 9.92. The van der Waals surface area contributed by atoms with E-state index >= 15 is 0 Å². The fraction of sp³-hybridized carbons (Fsp3) is 0.571. The van der Waals surface area contributed by atoms with Crippen LogP contribution in [0.3, 0.4) is 0 Å². The molecule has 0 radical (unpaired) electrons. The van der Waals surface area contributed by atoms with Gasteiger partial charge >= 0.3 is 0 Å². The van der Waals surface area contributed by atoms with Crippen LogP contribution in [0.15, 0.2) is 18.2 Å². The minimum atomic E-state index is -3.54. The van der Waals surface area contributed by atoms with Gasteiger partial charge in [-0.1, -0.05) is 0 Å². The first kappa shape index (κ1) is 16.0. The number of halogens is 1. The first-order valence-electron chi connectivity index (χ1n) is 7.09.